The molecule has 1 atom stereocenters. The molecule has 5 nitrogen and oxygen atoms in total. The highest BCUT2D eigenvalue weighted by Crippen LogP contribution is 2.27. The van der Waals surface area contributed by atoms with E-state index in [1.807, 2.05) is 6.07 Å². The van der Waals surface area contributed by atoms with Crippen LogP contribution in [0.5, 0.6) is 5.75 Å². The number of nitriles is 1. The van der Waals surface area contributed by atoms with Crippen LogP contribution in [-0.2, 0) is 9.47 Å². The molecule has 0 heterocycles. The number of hydrogen-bond acceptors (Lipinski definition) is 5. The van der Waals surface area contributed by atoms with E-state index in [1.165, 1.54) is 0 Å². The number of hydrogen-bond donors (Lipinski definition) is 0. The fourth-order valence-electron chi connectivity index (χ4n) is 2.07. The summed E-state index contributed by atoms with van der Waals surface area (Å²) >= 11 is 0. The maximum absolute atomic E-state index is 9.29. The SMILES string of the molecule is COCCN(c1cc(OC)ccc1C#N)C(C)COC. The summed E-state index contributed by atoms with van der Waals surface area (Å²) < 4.78 is 15.6. The van der Waals surface area contributed by atoms with Crippen molar-refractivity contribution < 1.29 is 14.2 Å². The summed E-state index contributed by atoms with van der Waals surface area (Å²) in [5, 5.41) is 9.29. The zero-order valence-electron chi connectivity index (χ0n) is 12.5. The maximum Gasteiger partial charge on any atom is 0.121 e. The third-order valence-corrected chi connectivity index (χ3v) is 3.11. The van der Waals surface area contributed by atoms with Gasteiger partial charge in [0.2, 0.25) is 0 Å². The molecule has 1 aromatic rings. The van der Waals surface area contributed by atoms with E-state index in [0.717, 1.165) is 11.4 Å². The van der Waals surface area contributed by atoms with Crippen LogP contribution in [-0.4, -0.2) is 47.1 Å². The lowest BCUT2D eigenvalue weighted by atomic mass is 10.1. The second-order valence-electron chi connectivity index (χ2n) is 4.49. The van der Waals surface area contributed by atoms with Gasteiger partial charge in [0.25, 0.3) is 0 Å². The summed E-state index contributed by atoms with van der Waals surface area (Å²) in [6.07, 6.45) is 0. The summed E-state index contributed by atoms with van der Waals surface area (Å²) in [4.78, 5) is 2.11. The van der Waals surface area contributed by atoms with Crippen molar-refractivity contribution in [2.24, 2.45) is 0 Å². The number of nitrogens with zero attached hydrogens (tertiary/aromatic N) is 2. The van der Waals surface area contributed by atoms with Crippen LogP contribution < -0.4 is 9.64 Å². The maximum atomic E-state index is 9.29. The van der Waals surface area contributed by atoms with Crippen LogP contribution in [0.1, 0.15) is 12.5 Å². The number of ether oxygens (including phenoxy) is 3. The Morgan fingerprint density at radius 2 is 2.00 bits per heavy atom. The van der Waals surface area contributed by atoms with Gasteiger partial charge >= 0.3 is 0 Å². The lowest BCUT2D eigenvalue weighted by Crippen LogP contribution is -2.39. The molecule has 0 bridgehead atoms. The molecular weight excluding hydrogens is 256 g/mol. The number of anilines is 1. The molecule has 1 rings (SSSR count). The molecule has 5 heteroatoms. The van der Waals surface area contributed by atoms with Gasteiger partial charge in [0.05, 0.1) is 31.6 Å². The van der Waals surface area contributed by atoms with Crippen molar-refractivity contribution in [3.05, 3.63) is 23.8 Å². The third kappa shape index (κ3) is 4.12. The minimum Gasteiger partial charge on any atom is -0.497 e. The van der Waals surface area contributed by atoms with Crippen molar-refractivity contribution in [3.8, 4) is 11.8 Å². The Labute approximate surface area is 120 Å². The number of rotatable bonds is 8. The summed E-state index contributed by atoms with van der Waals surface area (Å²) in [7, 11) is 4.95. The van der Waals surface area contributed by atoms with Crippen molar-refractivity contribution in [2.45, 2.75) is 13.0 Å². The first-order valence-electron chi connectivity index (χ1n) is 6.50. The molecule has 0 spiro atoms. The van der Waals surface area contributed by atoms with E-state index in [0.29, 0.717) is 25.3 Å². The van der Waals surface area contributed by atoms with Crippen LogP contribution in [0.4, 0.5) is 5.69 Å². The lowest BCUT2D eigenvalue weighted by Gasteiger charge is -2.31. The molecule has 0 aromatic heterocycles. The smallest absolute Gasteiger partial charge is 0.121 e. The molecule has 0 amide bonds. The fraction of sp³-hybridized carbons (Fsp3) is 0.533. The molecule has 0 radical (unpaired) electrons. The summed E-state index contributed by atoms with van der Waals surface area (Å²) in [6, 6.07) is 7.79. The Morgan fingerprint density at radius 1 is 1.25 bits per heavy atom. The first kappa shape index (κ1) is 16.3. The van der Waals surface area contributed by atoms with Crippen molar-refractivity contribution in [2.75, 3.05) is 46.0 Å². The molecule has 0 N–H and O–H groups in total. The van der Waals surface area contributed by atoms with E-state index in [4.69, 9.17) is 14.2 Å². The zero-order chi connectivity index (χ0) is 15.0. The molecule has 0 aliphatic heterocycles. The predicted octanol–water partition coefficient (Wildman–Crippen LogP) is 2.05. The molecule has 0 saturated heterocycles. The Balaban J connectivity index is 3.13. The monoisotopic (exact) mass is 278 g/mol. The van der Waals surface area contributed by atoms with Gasteiger partial charge in [-0.2, -0.15) is 5.26 Å². The fourth-order valence-corrected chi connectivity index (χ4v) is 2.07. The van der Waals surface area contributed by atoms with Gasteiger partial charge in [0, 0.05) is 32.9 Å². The van der Waals surface area contributed by atoms with Crippen molar-refractivity contribution >= 4 is 5.69 Å². The average molecular weight is 278 g/mol. The second kappa shape index (κ2) is 8.41. The van der Waals surface area contributed by atoms with Gasteiger partial charge in [-0.1, -0.05) is 0 Å². The molecule has 20 heavy (non-hydrogen) atoms. The molecule has 0 saturated carbocycles. The van der Waals surface area contributed by atoms with E-state index >= 15 is 0 Å². The first-order valence-corrected chi connectivity index (χ1v) is 6.50. The molecule has 1 unspecified atom stereocenters. The third-order valence-electron chi connectivity index (χ3n) is 3.11. The number of benzene rings is 1. The van der Waals surface area contributed by atoms with Crippen LogP contribution in [0, 0.1) is 11.3 Å². The molecule has 0 aliphatic rings. The Kier molecular flexibility index (Phi) is 6.85. The van der Waals surface area contributed by atoms with Crippen LogP contribution in [0.15, 0.2) is 18.2 Å². The summed E-state index contributed by atoms with van der Waals surface area (Å²) in [5.41, 5.74) is 1.46. The van der Waals surface area contributed by atoms with E-state index in [1.54, 1.807) is 33.5 Å². The van der Waals surface area contributed by atoms with Gasteiger partial charge in [0.15, 0.2) is 0 Å². The molecule has 0 fully saturated rings. The van der Waals surface area contributed by atoms with Crippen LogP contribution in [0.2, 0.25) is 0 Å². The van der Waals surface area contributed by atoms with Gasteiger partial charge < -0.3 is 19.1 Å². The first-order chi connectivity index (χ1) is 9.67. The second-order valence-corrected chi connectivity index (χ2v) is 4.49. The van der Waals surface area contributed by atoms with E-state index in [9.17, 15) is 5.26 Å². The highest BCUT2D eigenvalue weighted by molar-refractivity contribution is 5.62. The average Bonchev–Trinajstić information content (AvgIpc) is 2.47. The largest absolute Gasteiger partial charge is 0.497 e. The van der Waals surface area contributed by atoms with E-state index < -0.39 is 0 Å². The summed E-state index contributed by atoms with van der Waals surface area (Å²) in [5.74, 6) is 0.728. The summed E-state index contributed by atoms with van der Waals surface area (Å²) in [6.45, 7) is 3.89. The minimum absolute atomic E-state index is 0.134. The van der Waals surface area contributed by atoms with Gasteiger partial charge in [-0.25, -0.2) is 0 Å². The van der Waals surface area contributed by atoms with Crippen LogP contribution >= 0.6 is 0 Å². The molecular formula is C15H22N2O3. The normalized spacial score (nSPS) is 11.8. The lowest BCUT2D eigenvalue weighted by molar-refractivity contribution is 0.171. The predicted molar refractivity (Wildman–Crippen MR) is 78.3 cm³/mol. The van der Waals surface area contributed by atoms with Crippen molar-refractivity contribution in [1.29, 1.82) is 5.26 Å². The van der Waals surface area contributed by atoms with Crippen LogP contribution in [0.25, 0.3) is 0 Å². The van der Waals surface area contributed by atoms with Gasteiger partial charge in [-0.05, 0) is 19.1 Å². The van der Waals surface area contributed by atoms with Crippen LogP contribution in [0.3, 0.4) is 0 Å². The van der Waals surface area contributed by atoms with Crippen molar-refractivity contribution in [3.63, 3.8) is 0 Å². The topological polar surface area (TPSA) is 54.7 Å². The zero-order valence-corrected chi connectivity index (χ0v) is 12.5. The molecule has 110 valence electrons. The Hall–Kier alpha value is -1.77. The minimum atomic E-state index is 0.134. The highest BCUT2D eigenvalue weighted by Gasteiger charge is 2.18. The standard InChI is InChI=1S/C15H22N2O3/c1-12(11-19-3)17(7-8-18-2)15-9-14(20-4)6-5-13(15)10-16/h5-6,9,12H,7-8,11H2,1-4H3. The Morgan fingerprint density at radius 3 is 2.55 bits per heavy atom. The van der Waals surface area contributed by atoms with Gasteiger partial charge in [-0.3, -0.25) is 0 Å². The molecule has 0 aliphatic carbocycles. The van der Waals surface area contributed by atoms with E-state index in [-0.39, 0.29) is 6.04 Å². The van der Waals surface area contributed by atoms with Gasteiger partial charge in [-0.15, -0.1) is 0 Å². The molecule has 1 aromatic carbocycles. The van der Waals surface area contributed by atoms with Gasteiger partial charge in [0.1, 0.15) is 11.8 Å². The Bertz CT molecular complexity index is 457. The quantitative estimate of drug-likeness (QED) is 0.728. The number of methoxy groups -OCH3 is 3. The highest BCUT2D eigenvalue weighted by atomic mass is 16.5. The van der Waals surface area contributed by atoms with Crippen molar-refractivity contribution in [1.82, 2.24) is 0 Å². The van der Waals surface area contributed by atoms with E-state index in [2.05, 4.69) is 17.9 Å².